The summed E-state index contributed by atoms with van der Waals surface area (Å²) < 4.78 is 5.10. The van der Waals surface area contributed by atoms with E-state index in [4.69, 9.17) is 4.74 Å². The molecule has 7 heteroatoms. The fourth-order valence-corrected chi connectivity index (χ4v) is 4.35. The number of carbonyl (C=O) groups is 4. The standard InChI is InChI=1S/C24H24N2O5/c1-15-10-11-19-20(12-15)23(29)26(22(19)28)18-9-5-6-16(13-18)24(30)31-14-21(27)25-17-7-3-2-4-8-17/h2-9,13,15,19-20H,10-12,14H2,1H3,(H,25,27)/t15-,19-,20+/m1/s1. The van der Waals surface area contributed by atoms with Crippen molar-refractivity contribution in [1.29, 1.82) is 0 Å². The summed E-state index contributed by atoms with van der Waals surface area (Å²) >= 11 is 0. The Morgan fingerprint density at radius 2 is 1.74 bits per heavy atom. The van der Waals surface area contributed by atoms with E-state index in [0.29, 0.717) is 30.1 Å². The van der Waals surface area contributed by atoms with E-state index in [1.807, 2.05) is 6.07 Å². The second-order valence-electron chi connectivity index (χ2n) is 8.18. The normalized spacial score (nSPS) is 22.7. The molecule has 1 saturated carbocycles. The van der Waals surface area contributed by atoms with Gasteiger partial charge in [-0.3, -0.25) is 19.3 Å². The van der Waals surface area contributed by atoms with Gasteiger partial charge in [0.1, 0.15) is 0 Å². The molecule has 0 bridgehead atoms. The van der Waals surface area contributed by atoms with Crippen molar-refractivity contribution in [2.75, 3.05) is 16.8 Å². The number of carbonyl (C=O) groups excluding carboxylic acids is 4. The molecule has 2 aromatic rings. The highest BCUT2D eigenvalue weighted by molar-refractivity contribution is 6.22. The zero-order valence-corrected chi connectivity index (χ0v) is 17.2. The molecule has 4 rings (SSSR count). The molecule has 1 heterocycles. The van der Waals surface area contributed by atoms with Gasteiger partial charge in [0.25, 0.3) is 5.91 Å². The number of benzene rings is 2. The fraction of sp³-hybridized carbons (Fsp3) is 0.333. The summed E-state index contributed by atoms with van der Waals surface area (Å²) in [5.41, 5.74) is 1.14. The summed E-state index contributed by atoms with van der Waals surface area (Å²) in [6, 6.07) is 15.1. The van der Waals surface area contributed by atoms with Crippen LogP contribution >= 0.6 is 0 Å². The number of anilines is 2. The van der Waals surface area contributed by atoms with E-state index in [1.54, 1.807) is 36.4 Å². The number of amides is 3. The molecule has 7 nitrogen and oxygen atoms in total. The molecule has 2 fully saturated rings. The smallest absolute Gasteiger partial charge is 0.338 e. The topological polar surface area (TPSA) is 92.8 Å². The summed E-state index contributed by atoms with van der Waals surface area (Å²) in [4.78, 5) is 51.4. The van der Waals surface area contributed by atoms with E-state index in [2.05, 4.69) is 12.2 Å². The number of fused-ring (bicyclic) bond motifs is 1. The number of imide groups is 1. The maximum atomic E-state index is 12.9. The summed E-state index contributed by atoms with van der Waals surface area (Å²) in [5, 5.41) is 2.63. The minimum atomic E-state index is -0.699. The second kappa shape index (κ2) is 8.71. The first-order valence-electron chi connectivity index (χ1n) is 10.4. The molecule has 31 heavy (non-hydrogen) atoms. The zero-order valence-electron chi connectivity index (χ0n) is 17.2. The maximum absolute atomic E-state index is 12.9. The molecule has 3 amide bonds. The van der Waals surface area contributed by atoms with Gasteiger partial charge >= 0.3 is 5.97 Å². The fourth-order valence-electron chi connectivity index (χ4n) is 4.35. The zero-order chi connectivity index (χ0) is 22.0. The van der Waals surface area contributed by atoms with E-state index in [1.165, 1.54) is 17.0 Å². The SMILES string of the molecule is C[C@@H]1CC[C@H]2C(=O)N(c3cccc(C(=O)OCC(=O)Nc4ccccc4)c3)C(=O)[C@H]2C1. The molecule has 1 N–H and O–H groups in total. The van der Waals surface area contributed by atoms with Crippen LogP contribution in [-0.2, 0) is 19.1 Å². The Balaban J connectivity index is 1.42. The molecule has 0 radical (unpaired) electrons. The lowest BCUT2D eigenvalue weighted by Crippen LogP contribution is -2.31. The van der Waals surface area contributed by atoms with Gasteiger partial charge in [-0.1, -0.05) is 31.2 Å². The average Bonchev–Trinajstić information content (AvgIpc) is 3.02. The summed E-state index contributed by atoms with van der Waals surface area (Å²) in [6.45, 7) is 1.66. The number of hydrogen-bond donors (Lipinski definition) is 1. The monoisotopic (exact) mass is 420 g/mol. The largest absolute Gasteiger partial charge is 0.452 e. The highest BCUT2D eigenvalue weighted by Gasteiger charge is 2.50. The first kappa shape index (κ1) is 20.8. The number of hydrogen-bond acceptors (Lipinski definition) is 5. The summed E-state index contributed by atoms with van der Waals surface area (Å²) in [7, 11) is 0. The van der Waals surface area contributed by atoms with Crippen molar-refractivity contribution in [3.63, 3.8) is 0 Å². The van der Waals surface area contributed by atoms with Gasteiger partial charge in [-0.25, -0.2) is 4.79 Å². The molecule has 2 aliphatic rings. The van der Waals surface area contributed by atoms with Crippen LogP contribution in [0.5, 0.6) is 0 Å². The molecule has 1 saturated heterocycles. The van der Waals surface area contributed by atoms with Crippen molar-refractivity contribution in [1.82, 2.24) is 0 Å². The van der Waals surface area contributed by atoms with Crippen LogP contribution in [0.1, 0.15) is 36.5 Å². The minimum Gasteiger partial charge on any atom is -0.452 e. The van der Waals surface area contributed by atoms with Gasteiger partial charge in [-0.05, 0) is 55.5 Å². The quantitative estimate of drug-likeness (QED) is 0.591. The Morgan fingerprint density at radius 3 is 2.52 bits per heavy atom. The van der Waals surface area contributed by atoms with Gasteiger partial charge < -0.3 is 10.1 Å². The summed E-state index contributed by atoms with van der Waals surface area (Å²) in [5.74, 6) is -1.70. The minimum absolute atomic E-state index is 0.175. The molecule has 0 aromatic heterocycles. The van der Waals surface area contributed by atoms with Crippen molar-refractivity contribution in [3.05, 3.63) is 60.2 Å². The number of esters is 1. The Kier molecular flexibility index (Phi) is 5.84. The van der Waals surface area contributed by atoms with Crippen LogP contribution in [0.25, 0.3) is 0 Å². The molecule has 160 valence electrons. The Hall–Kier alpha value is -3.48. The van der Waals surface area contributed by atoms with Crippen LogP contribution in [-0.4, -0.2) is 30.3 Å². The third-order valence-corrected chi connectivity index (χ3v) is 5.92. The number of ether oxygens (including phenoxy) is 1. The highest BCUT2D eigenvalue weighted by atomic mass is 16.5. The van der Waals surface area contributed by atoms with Crippen molar-refractivity contribution in [2.45, 2.75) is 26.2 Å². The van der Waals surface area contributed by atoms with E-state index < -0.39 is 18.5 Å². The van der Waals surface area contributed by atoms with Crippen molar-refractivity contribution >= 4 is 35.1 Å². The second-order valence-corrected chi connectivity index (χ2v) is 8.18. The van der Waals surface area contributed by atoms with Gasteiger partial charge in [0.2, 0.25) is 11.8 Å². The first-order chi connectivity index (χ1) is 14.9. The van der Waals surface area contributed by atoms with E-state index >= 15 is 0 Å². The summed E-state index contributed by atoms with van der Waals surface area (Å²) in [6.07, 6.45) is 2.36. The molecular formula is C24H24N2O5. The van der Waals surface area contributed by atoms with Gasteiger partial charge in [0.05, 0.1) is 23.1 Å². The Labute approximate surface area is 180 Å². The predicted octanol–water partition coefficient (Wildman–Crippen LogP) is 3.41. The highest BCUT2D eigenvalue weighted by Crippen LogP contribution is 2.42. The number of nitrogens with zero attached hydrogens (tertiary/aromatic N) is 1. The number of nitrogens with one attached hydrogen (secondary N) is 1. The van der Waals surface area contributed by atoms with Crippen LogP contribution in [0.4, 0.5) is 11.4 Å². The molecule has 3 atom stereocenters. The van der Waals surface area contributed by atoms with Crippen LogP contribution < -0.4 is 10.2 Å². The van der Waals surface area contributed by atoms with Crippen LogP contribution in [0, 0.1) is 17.8 Å². The van der Waals surface area contributed by atoms with Gasteiger partial charge in [-0.2, -0.15) is 0 Å². The van der Waals surface area contributed by atoms with Gasteiger partial charge in [0.15, 0.2) is 6.61 Å². The van der Waals surface area contributed by atoms with Crippen molar-refractivity contribution in [2.24, 2.45) is 17.8 Å². The molecule has 2 aromatic carbocycles. The first-order valence-corrected chi connectivity index (χ1v) is 10.4. The average molecular weight is 420 g/mol. The number of rotatable bonds is 5. The molecular weight excluding hydrogens is 396 g/mol. The predicted molar refractivity (Wildman–Crippen MR) is 114 cm³/mol. The Morgan fingerprint density at radius 1 is 1.00 bits per heavy atom. The van der Waals surface area contributed by atoms with Crippen molar-refractivity contribution < 1.29 is 23.9 Å². The van der Waals surface area contributed by atoms with Crippen LogP contribution in [0.15, 0.2) is 54.6 Å². The molecule has 0 spiro atoms. The molecule has 0 unspecified atom stereocenters. The Bertz CT molecular complexity index is 1020. The van der Waals surface area contributed by atoms with Crippen LogP contribution in [0.3, 0.4) is 0 Å². The van der Waals surface area contributed by atoms with E-state index in [9.17, 15) is 19.2 Å². The molecule has 1 aliphatic heterocycles. The van der Waals surface area contributed by atoms with E-state index in [-0.39, 0.29) is 29.2 Å². The van der Waals surface area contributed by atoms with Crippen LogP contribution in [0.2, 0.25) is 0 Å². The third-order valence-electron chi connectivity index (χ3n) is 5.92. The lowest BCUT2D eigenvalue weighted by Gasteiger charge is -2.25. The lowest BCUT2D eigenvalue weighted by atomic mass is 9.76. The third kappa shape index (κ3) is 4.35. The number of para-hydroxylation sites is 1. The molecule has 1 aliphatic carbocycles. The lowest BCUT2D eigenvalue weighted by molar-refractivity contribution is -0.122. The van der Waals surface area contributed by atoms with E-state index in [0.717, 1.165) is 6.42 Å². The van der Waals surface area contributed by atoms with Crippen molar-refractivity contribution in [3.8, 4) is 0 Å². The maximum Gasteiger partial charge on any atom is 0.338 e. The van der Waals surface area contributed by atoms with Gasteiger partial charge in [0, 0.05) is 5.69 Å². The van der Waals surface area contributed by atoms with Gasteiger partial charge in [-0.15, -0.1) is 0 Å².